The molecule has 0 saturated carbocycles. The highest BCUT2D eigenvalue weighted by Gasteiger charge is 2.12. The van der Waals surface area contributed by atoms with E-state index in [9.17, 15) is 4.79 Å². The molecule has 1 unspecified atom stereocenters. The highest BCUT2D eigenvalue weighted by Crippen LogP contribution is 2.13. The number of carbonyl (C=O) groups is 1. The number of nitrogens with one attached hydrogen (secondary N) is 1. The second-order valence-electron chi connectivity index (χ2n) is 3.32. The van der Waals surface area contributed by atoms with Crippen molar-refractivity contribution in [1.29, 1.82) is 0 Å². The topological polar surface area (TPSA) is 38.3 Å². The zero-order valence-electron chi connectivity index (χ0n) is 9.28. The Bertz CT molecular complexity index is 316. The number of ether oxygens (including phenoxy) is 1. The minimum atomic E-state index is -0.157. The van der Waals surface area contributed by atoms with E-state index in [1.807, 2.05) is 37.3 Å². The van der Waals surface area contributed by atoms with E-state index in [-0.39, 0.29) is 18.6 Å². The minimum absolute atomic E-state index is 0.0801. The molecule has 0 aliphatic carbocycles. The Kier molecular flexibility index (Phi) is 5.90. The summed E-state index contributed by atoms with van der Waals surface area (Å²) >= 11 is 5.82. The summed E-state index contributed by atoms with van der Waals surface area (Å²) in [6.45, 7) is 2.46. The van der Waals surface area contributed by atoms with Crippen molar-refractivity contribution in [3.05, 3.63) is 35.9 Å². The number of benzene rings is 1. The molecule has 3 nitrogen and oxygen atoms in total. The molecule has 16 heavy (non-hydrogen) atoms. The van der Waals surface area contributed by atoms with Gasteiger partial charge in [0.2, 0.25) is 5.91 Å². The molecule has 0 radical (unpaired) electrons. The first kappa shape index (κ1) is 13.0. The molecule has 1 atom stereocenters. The van der Waals surface area contributed by atoms with E-state index in [1.54, 1.807) is 0 Å². The molecule has 1 aromatic rings. The normalized spacial score (nSPS) is 12.1. The van der Waals surface area contributed by atoms with Gasteiger partial charge in [-0.2, -0.15) is 0 Å². The Morgan fingerprint density at radius 3 is 2.69 bits per heavy atom. The van der Waals surface area contributed by atoms with E-state index in [0.717, 1.165) is 5.56 Å². The fraction of sp³-hybridized carbons (Fsp3) is 0.417. The summed E-state index contributed by atoms with van der Waals surface area (Å²) in [7, 11) is 0. The van der Waals surface area contributed by atoms with E-state index in [4.69, 9.17) is 16.3 Å². The molecule has 1 N–H and O–H groups in total. The van der Waals surface area contributed by atoms with Gasteiger partial charge in [-0.25, -0.2) is 0 Å². The maximum absolute atomic E-state index is 11.4. The Morgan fingerprint density at radius 2 is 2.12 bits per heavy atom. The van der Waals surface area contributed by atoms with Crippen LogP contribution in [0.5, 0.6) is 0 Å². The van der Waals surface area contributed by atoms with Gasteiger partial charge in [0, 0.05) is 12.5 Å². The minimum Gasteiger partial charge on any atom is -0.372 e. The second kappa shape index (κ2) is 7.25. The Morgan fingerprint density at radius 1 is 1.44 bits per heavy atom. The molecule has 0 heterocycles. The zero-order valence-corrected chi connectivity index (χ0v) is 10.0. The Labute approximate surface area is 101 Å². The van der Waals surface area contributed by atoms with Crippen LogP contribution in [0.3, 0.4) is 0 Å². The van der Waals surface area contributed by atoms with Crippen LogP contribution < -0.4 is 5.32 Å². The number of hydrogen-bond donors (Lipinski definition) is 1. The molecule has 0 fully saturated rings. The predicted molar refractivity (Wildman–Crippen MR) is 64.5 cm³/mol. The fourth-order valence-electron chi connectivity index (χ4n) is 1.33. The molecule has 0 aliphatic rings. The van der Waals surface area contributed by atoms with Gasteiger partial charge < -0.3 is 10.1 Å². The van der Waals surface area contributed by atoms with Crippen LogP contribution in [-0.2, 0) is 9.53 Å². The average Bonchev–Trinajstić information content (AvgIpc) is 2.34. The highest BCUT2D eigenvalue weighted by molar-refractivity contribution is 6.18. The zero-order chi connectivity index (χ0) is 11.8. The lowest BCUT2D eigenvalue weighted by Gasteiger charge is -2.16. The number of halogens is 1. The number of rotatable bonds is 6. The summed E-state index contributed by atoms with van der Waals surface area (Å²) in [6, 6.07) is 9.49. The van der Waals surface area contributed by atoms with E-state index >= 15 is 0 Å². The van der Waals surface area contributed by atoms with Crippen LogP contribution in [0.25, 0.3) is 0 Å². The number of amides is 1. The van der Waals surface area contributed by atoms with Gasteiger partial charge >= 0.3 is 0 Å². The molecule has 0 bridgehead atoms. The standard InChI is InChI=1S/C12H16ClNO2/c1-2-16-9-12(15)14-11(8-13)10-6-4-3-5-7-10/h3-7,11H,2,8-9H2,1H3,(H,14,15). The monoisotopic (exact) mass is 241 g/mol. The van der Waals surface area contributed by atoms with E-state index in [0.29, 0.717) is 12.5 Å². The van der Waals surface area contributed by atoms with Gasteiger partial charge in [0.15, 0.2) is 0 Å². The molecule has 1 rings (SSSR count). The average molecular weight is 242 g/mol. The number of alkyl halides is 1. The van der Waals surface area contributed by atoms with Gasteiger partial charge in [-0.05, 0) is 12.5 Å². The molecule has 0 saturated heterocycles. The molecular formula is C12H16ClNO2. The van der Waals surface area contributed by atoms with Crippen LogP contribution in [0.1, 0.15) is 18.5 Å². The third kappa shape index (κ3) is 4.21. The van der Waals surface area contributed by atoms with Crippen LogP contribution in [-0.4, -0.2) is 25.0 Å². The lowest BCUT2D eigenvalue weighted by molar-refractivity contribution is -0.126. The van der Waals surface area contributed by atoms with E-state index in [2.05, 4.69) is 5.32 Å². The fourth-order valence-corrected chi connectivity index (χ4v) is 1.58. The van der Waals surface area contributed by atoms with Crippen molar-refractivity contribution in [3.8, 4) is 0 Å². The lowest BCUT2D eigenvalue weighted by atomic mass is 10.1. The van der Waals surface area contributed by atoms with Gasteiger partial charge in [0.25, 0.3) is 0 Å². The molecule has 1 amide bonds. The third-order valence-corrected chi connectivity index (χ3v) is 2.44. The third-order valence-electron chi connectivity index (χ3n) is 2.13. The first-order chi connectivity index (χ1) is 7.77. The number of carbonyl (C=O) groups excluding carboxylic acids is 1. The van der Waals surface area contributed by atoms with Gasteiger partial charge in [0.1, 0.15) is 6.61 Å². The van der Waals surface area contributed by atoms with Crippen molar-refractivity contribution in [2.24, 2.45) is 0 Å². The highest BCUT2D eigenvalue weighted by atomic mass is 35.5. The van der Waals surface area contributed by atoms with Gasteiger partial charge in [-0.3, -0.25) is 4.79 Å². The smallest absolute Gasteiger partial charge is 0.246 e. The SMILES string of the molecule is CCOCC(=O)NC(CCl)c1ccccc1. The molecule has 0 aromatic heterocycles. The van der Waals surface area contributed by atoms with E-state index in [1.165, 1.54) is 0 Å². The van der Waals surface area contributed by atoms with Crippen LogP contribution in [0.2, 0.25) is 0 Å². The summed E-state index contributed by atoms with van der Waals surface area (Å²) in [5.41, 5.74) is 1.00. The predicted octanol–water partition coefficient (Wildman–Crippen LogP) is 2.12. The molecule has 88 valence electrons. The van der Waals surface area contributed by atoms with Crippen molar-refractivity contribution < 1.29 is 9.53 Å². The van der Waals surface area contributed by atoms with Gasteiger partial charge in [-0.1, -0.05) is 30.3 Å². The lowest BCUT2D eigenvalue weighted by Crippen LogP contribution is -2.32. The van der Waals surface area contributed by atoms with Crippen LogP contribution in [0, 0.1) is 0 Å². The molecular weight excluding hydrogens is 226 g/mol. The first-order valence-electron chi connectivity index (χ1n) is 5.26. The molecule has 4 heteroatoms. The van der Waals surface area contributed by atoms with Crippen LogP contribution >= 0.6 is 11.6 Å². The summed E-state index contributed by atoms with van der Waals surface area (Å²) in [4.78, 5) is 11.4. The van der Waals surface area contributed by atoms with Gasteiger partial charge in [0.05, 0.1) is 6.04 Å². The quantitative estimate of drug-likeness (QED) is 0.775. The van der Waals surface area contributed by atoms with Crippen molar-refractivity contribution in [2.45, 2.75) is 13.0 Å². The summed E-state index contributed by atoms with van der Waals surface area (Å²) < 4.78 is 5.02. The first-order valence-corrected chi connectivity index (χ1v) is 5.79. The van der Waals surface area contributed by atoms with Crippen molar-refractivity contribution in [1.82, 2.24) is 5.32 Å². The molecule has 0 spiro atoms. The second-order valence-corrected chi connectivity index (χ2v) is 3.63. The van der Waals surface area contributed by atoms with Crippen molar-refractivity contribution in [3.63, 3.8) is 0 Å². The van der Waals surface area contributed by atoms with Crippen molar-refractivity contribution >= 4 is 17.5 Å². The van der Waals surface area contributed by atoms with Crippen LogP contribution in [0.15, 0.2) is 30.3 Å². The largest absolute Gasteiger partial charge is 0.372 e. The summed E-state index contributed by atoms with van der Waals surface area (Å²) in [5.74, 6) is 0.207. The van der Waals surface area contributed by atoms with Crippen LogP contribution in [0.4, 0.5) is 0 Å². The Balaban J connectivity index is 2.52. The summed E-state index contributed by atoms with van der Waals surface area (Å²) in [5, 5.41) is 2.82. The number of hydrogen-bond acceptors (Lipinski definition) is 2. The van der Waals surface area contributed by atoms with E-state index < -0.39 is 0 Å². The molecule has 1 aromatic carbocycles. The summed E-state index contributed by atoms with van der Waals surface area (Å²) in [6.07, 6.45) is 0. The van der Waals surface area contributed by atoms with Gasteiger partial charge in [-0.15, -0.1) is 11.6 Å². The Hall–Kier alpha value is -1.06. The van der Waals surface area contributed by atoms with Crippen molar-refractivity contribution in [2.75, 3.05) is 19.1 Å². The maximum Gasteiger partial charge on any atom is 0.246 e. The molecule has 0 aliphatic heterocycles. The maximum atomic E-state index is 11.4.